The number of carboxylic acid groups (broad SMARTS) is 1. The number of nitrogens with zero attached hydrogens (tertiary/aromatic N) is 1. The smallest absolute Gasteiger partial charge is 0.326 e. The summed E-state index contributed by atoms with van der Waals surface area (Å²) in [7, 11) is 0. The molecule has 0 aliphatic carbocycles. The van der Waals surface area contributed by atoms with Gasteiger partial charge in [0.25, 0.3) is 0 Å². The van der Waals surface area contributed by atoms with Crippen LogP contribution in [0.3, 0.4) is 0 Å². The fourth-order valence-corrected chi connectivity index (χ4v) is 4.55. The van der Waals surface area contributed by atoms with Crippen molar-refractivity contribution in [3.8, 4) is 11.3 Å². The molecular weight excluding hydrogens is 472 g/mol. The molecule has 0 amide bonds. The number of aryl methyl sites for hydroxylation is 3. The molecule has 0 radical (unpaired) electrons. The summed E-state index contributed by atoms with van der Waals surface area (Å²) in [6.07, 6.45) is 2.92. The van der Waals surface area contributed by atoms with Crippen LogP contribution in [0.25, 0.3) is 11.3 Å². The minimum Gasteiger partial charge on any atom is -0.480 e. The first-order valence-electron chi connectivity index (χ1n) is 12.0. The van der Waals surface area contributed by atoms with Gasteiger partial charge in [0.05, 0.1) is 6.54 Å². The molecule has 0 saturated heterocycles. The Morgan fingerprint density at radius 2 is 1.86 bits per heavy atom. The first-order chi connectivity index (χ1) is 17.3. The first kappa shape index (κ1) is 25.3. The van der Waals surface area contributed by atoms with E-state index < -0.39 is 12.0 Å². The van der Waals surface area contributed by atoms with Crippen LogP contribution in [0.15, 0.2) is 66.9 Å². The number of benzene rings is 2. The second-order valence-electron chi connectivity index (χ2n) is 9.02. The van der Waals surface area contributed by atoms with Crippen molar-refractivity contribution in [1.29, 1.82) is 0 Å². The molecular formula is C29H31ClN4O2. The topological polar surface area (TPSA) is 90.0 Å². The highest BCUT2D eigenvalue weighted by atomic mass is 35.5. The lowest BCUT2D eigenvalue weighted by atomic mass is 10.0. The molecule has 0 aliphatic rings. The predicted molar refractivity (Wildman–Crippen MR) is 147 cm³/mol. The molecule has 2 aromatic heterocycles. The predicted octanol–water partition coefficient (Wildman–Crippen LogP) is 6.63. The zero-order valence-corrected chi connectivity index (χ0v) is 21.5. The molecule has 4 N–H and O–H groups in total. The maximum Gasteiger partial charge on any atom is 0.326 e. The number of hydrogen-bond acceptors (Lipinski definition) is 4. The summed E-state index contributed by atoms with van der Waals surface area (Å²) in [4.78, 5) is 19.8. The number of anilines is 2. The Morgan fingerprint density at radius 3 is 2.56 bits per heavy atom. The molecule has 0 aliphatic heterocycles. The molecule has 0 saturated carbocycles. The van der Waals surface area contributed by atoms with E-state index in [-0.39, 0.29) is 0 Å². The zero-order valence-electron chi connectivity index (χ0n) is 20.7. The van der Waals surface area contributed by atoms with Crippen molar-refractivity contribution >= 4 is 29.1 Å². The Bertz CT molecular complexity index is 1350. The minimum absolute atomic E-state index is 0.365. The van der Waals surface area contributed by atoms with Crippen LogP contribution in [-0.2, 0) is 24.2 Å². The number of aromatic amines is 1. The normalized spacial score (nSPS) is 11.8. The highest BCUT2D eigenvalue weighted by molar-refractivity contribution is 6.30. The molecule has 0 bridgehead atoms. The molecule has 0 fully saturated rings. The first-order valence-corrected chi connectivity index (χ1v) is 12.4. The summed E-state index contributed by atoms with van der Waals surface area (Å²) >= 11 is 6.19. The third-order valence-electron chi connectivity index (χ3n) is 6.21. The van der Waals surface area contributed by atoms with E-state index in [4.69, 9.17) is 11.6 Å². The Hall–Kier alpha value is -3.77. The van der Waals surface area contributed by atoms with E-state index in [0.717, 1.165) is 57.1 Å². The van der Waals surface area contributed by atoms with Gasteiger partial charge >= 0.3 is 5.97 Å². The van der Waals surface area contributed by atoms with Gasteiger partial charge in [0.2, 0.25) is 0 Å². The lowest BCUT2D eigenvalue weighted by Gasteiger charge is -2.20. The zero-order chi connectivity index (χ0) is 25.7. The molecule has 1 unspecified atom stereocenters. The largest absolute Gasteiger partial charge is 0.480 e. The van der Waals surface area contributed by atoms with Gasteiger partial charge in [0.1, 0.15) is 11.9 Å². The average molecular weight is 503 g/mol. The monoisotopic (exact) mass is 502 g/mol. The van der Waals surface area contributed by atoms with Crippen molar-refractivity contribution in [2.24, 2.45) is 0 Å². The van der Waals surface area contributed by atoms with Crippen molar-refractivity contribution in [2.45, 2.75) is 46.2 Å². The van der Waals surface area contributed by atoms with Crippen LogP contribution < -0.4 is 10.6 Å². The van der Waals surface area contributed by atoms with Gasteiger partial charge in [-0.05, 0) is 84.5 Å². The summed E-state index contributed by atoms with van der Waals surface area (Å²) in [5, 5.41) is 17.1. The van der Waals surface area contributed by atoms with Crippen molar-refractivity contribution in [2.75, 3.05) is 10.6 Å². The molecule has 4 rings (SSSR count). The lowest BCUT2D eigenvalue weighted by molar-refractivity contribution is -0.137. The molecule has 6 nitrogen and oxygen atoms in total. The molecule has 7 heteroatoms. The number of nitrogens with one attached hydrogen (secondary N) is 3. The minimum atomic E-state index is -0.889. The number of pyridine rings is 1. The summed E-state index contributed by atoms with van der Waals surface area (Å²) in [5.41, 5.74) is 8.01. The Kier molecular flexibility index (Phi) is 7.96. The van der Waals surface area contributed by atoms with Crippen LogP contribution in [-0.4, -0.2) is 27.1 Å². The second-order valence-corrected chi connectivity index (χ2v) is 9.45. The molecule has 186 valence electrons. The van der Waals surface area contributed by atoms with Gasteiger partial charge in [-0.15, -0.1) is 0 Å². The van der Waals surface area contributed by atoms with Gasteiger partial charge in [-0.25, -0.2) is 9.78 Å². The lowest BCUT2D eigenvalue weighted by Crippen LogP contribution is -2.32. The number of hydrogen-bond donors (Lipinski definition) is 4. The number of rotatable bonds is 10. The SMILES string of the molecule is CCc1cc(Cl)cc(C)c1NC(Cc1ccc(-c2ccc(CNc3cc(C)ccn3)[nH]2)cc1)C(=O)O. The van der Waals surface area contributed by atoms with Gasteiger partial charge < -0.3 is 20.7 Å². The standard InChI is InChI=1S/C29H31ClN4O2/c1-4-21-16-23(30)14-19(3)28(21)34-26(29(35)36)15-20-5-7-22(8-6-20)25-10-9-24(33-25)17-32-27-13-18(2)11-12-31-27/h5-14,16,26,33-34H,4,15,17H2,1-3H3,(H,31,32)(H,35,36). The van der Waals surface area contributed by atoms with Crippen molar-refractivity contribution < 1.29 is 9.90 Å². The Labute approximate surface area is 216 Å². The van der Waals surface area contributed by atoms with E-state index in [9.17, 15) is 9.90 Å². The molecule has 36 heavy (non-hydrogen) atoms. The highest BCUT2D eigenvalue weighted by Gasteiger charge is 2.20. The van der Waals surface area contributed by atoms with Crippen LogP contribution in [0.1, 0.15) is 34.9 Å². The van der Waals surface area contributed by atoms with Gasteiger partial charge in [-0.3, -0.25) is 0 Å². The third-order valence-corrected chi connectivity index (χ3v) is 6.42. The average Bonchev–Trinajstić information content (AvgIpc) is 3.33. The number of halogens is 1. The molecule has 0 spiro atoms. The number of carboxylic acids is 1. The fraction of sp³-hybridized carbons (Fsp3) is 0.241. The summed E-state index contributed by atoms with van der Waals surface area (Å²) < 4.78 is 0. The Balaban J connectivity index is 1.42. The summed E-state index contributed by atoms with van der Waals surface area (Å²) in [6.45, 7) is 6.66. The van der Waals surface area contributed by atoms with Gasteiger partial charge in [0, 0.05) is 34.7 Å². The number of carbonyl (C=O) groups is 1. The van der Waals surface area contributed by atoms with Gasteiger partial charge in [-0.2, -0.15) is 0 Å². The number of aromatic nitrogens is 2. The molecule has 1 atom stereocenters. The second kappa shape index (κ2) is 11.3. The highest BCUT2D eigenvalue weighted by Crippen LogP contribution is 2.27. The van der Waals surface area contributed by atoms with Gasteiger partial charge in [0.15, 0.2) is 0 Å². The number of H-pyrrole nitrogens is 1. The van der Waals surface area contributed by atoms with Gasteiger partial charge in [-0.1, -0.05) is 42.8 Å². The third kappa shape index (κ3) is 6.26. The van der Waals surface area contributed by atoms with Crippen LogP contribution in [0.5, 0.6) is 0 Å². The van der Waals surface area contributed by atoms with Crippen LogP contribution in [0, 0.1) is 13.8 Å². The van der Waals surface area contributed by atoms with Crippen LogP contribution >= 0.6 is 11.6 Å². The number of aliphatic carboxylic acids is 1. The van der Waals surface area contributed by atoms with Crippen molar-refractivity contribution in [1.82, 2.24) is 9.97 Å². The van der Waals surface area contributed by atoms with E-state index >= 15 is 0 Å². The fourth-order valence-electron chi connectivity index (χ4n) is 4.26. The van der Waals surface area contributed by atoms with E-state index in [1.54, 1.807) is 6.20 Å². The van der Waals surface area contributed by atoms with Crippen molar-refractivity contribution in [3.05, 3.63) is 99.8 Å². The summed E-state index contributed by atoms with van der Waals surface area (Å²) in [6, 6.07) is 19.1. The Morgan fingerprint density at radius 1 is 1.08 bits per heavy atom. The van der Waals surface area contributed by atoms with E-state index in [2.05, 4.69) is 26.7 Å². The van der Waals surface area contributed by atoms with Crippen LogP contribution in [0.4, 0.5) is 11.5 Å². The summed E-state index contributed by atoms with van der Waals surface area (Å²) in [5.74, 6) is -0.0444. The maximum atomic E-state index is 12.1. The molecule has 4 aromatic rings. The van der Waals surface area contributed by atoms with E-state index in [0.29, 0.717) is 18.0 Å². The van der Waals surface area contributed by atoms with Crippen LogP contribution in [0.2, 0.25) is 5.02 Å². The molecule has 2 aromatic carbocycles. The van der Waals surface area contributed by atoms with Crippen molar-refractivity contribution in [3.63, 3.8) is 0 Å². The maximum absolute atomic E-state index is 12.1. The molecule has 2 heterocycles. The van der Waals surface area contributed by atoms with E-state index in [1.807, 2.05) is 75.4 Å². The quantitative estimate of drug-likeness (QED) is 0.195. The van der Waals surface area contributed by atoms with E-state index in [1.165, 1.54) is 0 Å².